The van der Waals surface area contributed by atoms with Crippen LogP contribution >= 0.6 is 11.6 Å². The Balaban J connectivity index is 1.37. The number of imide groups is 1. The first-order valence-electron chi connectivity index (χ1n) is 10.0. The number of carbonyl (C=O) groups is 2. The van der Waals surface area contributed by atoms with Crippen LogP contribution in [0.4, 0.5) is 10.1 Å². The van der Waals surface area contributed by atoms with Crippen LogP contribution in [0.2, 0.25) is 5.02 Å². The molecular weight excluding hydrogens is 455 g/mol. The smallest absolute Gasteiger partial charge is 0.263 e. The molecule has 2 aliphatic rings. The van der Waals surface area contributed by atoms with Crippen molar-refractivity contribution in [3.8, 4) is 17.1 Å². The average Bonchev–Trinajstić information content (AvgIpc) is 3.49. The van der Waals surface area contributed by atoms with E-state index in [0.717, 1.165) is 11.0 Å². The Bertz CT molecular complexity index is 1280. The van der Waals surface area contributed by atoms with Crippen molar-refractivity contribution in [1.82, 2.24) is 15.1 Å². The summed E-state index contributed by atoms with van der Waals surface area (Å²) >= 11 is 5.81. The standard InChI is InChI=1S/C21H16ClFN6O4/c1-2-32-15-6-4-3-5-12(15)19-24-16(33-26-19)10-28-18-17(25-27-28)20(30)29(21(18)31)11-7-8-14(23)13(22)9-11/h3-9,17-18H,2,10H2,1H3. The molecule has 12 heteroatoms. The lowest BCUT2D eigenvalue weighted by Gasteiger charge is -2.19. The van der Waals surface area contributed by atoms with Gasteiger partial charge in [0, 0.05) is 0 Å². The topological polar surface area (TPSA) is 113 Å². The number of fused-ring (bicyclic) bond motifs is 1. The molecule has 2 aromatic carbocycles. The number of aromatic nitrogens is 2. The maximum atomic E-state index is 13.5. The summed E-state index contributed by atoms with van der Waals surface area (Å²) in [6.07, 6.45) is 0. The van der Waals surface area contributed by atoms with Crippen molar-refractivity contribution in [2.45, 2.75) is 25.6 Å². The molecule has 0 saturated carbocycles. The van der Waals surface area contributed by atoms with Crippen LogP contribution in [0.25, 0.3) is 11.4 Å². The van der Waals surface area contributed by atoms with Crippen LogP contribution in [0.5, 0.6) is 5.75 Å². The van der Waals surface area contributed by atoms with Gasteiger partial charge in [-0.25, -0.2) is 9.29 Å². The number of nitrogens with zero attached hydrogens (tertiary/aromatic N) is 6. The van der Waals surface area contributed by atoms with Crippen molar-refractivity contribution in [3.63, 3.8) is 0 Å². The number of hydrogen-bond donors (Lipinski definition) is 0. The molecule has 2 amide bonds. The Morgan fingerprint density at radius 2 is 2.00 bits per heavy atom. The van der Waals surface area contributed by atoms with E-state index in [1.54, 1.807) is 12.1 Å². The van der Waals surface area contributed by atoms with Crippen LogP contribution in [-0.4, -0.2) is 45.7 Å². The normalized spacial score (nSPS) is 19.5. The molecular formula is C21H16ClFN6O4. The lowest BCUT2D eigenvalue weighted by atomic mass is 10.1. The highest BCUT2D eigenvalue weighted by atomic mass is 35.5. The van der Waals surface area contributed by atoms with E-state index < -0.39 is 29.7 Å². The molecule has 1 fully saturated rings. The molecule has 10 nitrogen and oxygen atoms in total. The number of para-hydroxylation sites is 1. The quantitative estimate of drug-likeness (QED) is 0.507. The first kappa shape index (κ1) is 21.0. The molecule has 0 N–H and O–H groups in total. The first-order valence-corrected chi connectivity index (χ1v) is 10.4. The predicted octanol–water partition coefficient (Wildman–Crippen LogP) is 3.42. The summed E-state index contributed by atoms with van der Waals surface area (Å²) in [6.45, 7) is 2.31. The van der Waals surface area contributed by atoms with Gasteiger partial charge in [0.05, 0.1) is 22.9 Å². The average molecular weight is 471 g/mol. The minimum absolute atomic E-state index is 0.0362. The summed E-state index contributed by atoms with van der Waals surface area (Å²) in [6, 6.07) is 8.87. The molecule has 1 saturated heterocycles. The van der Waals surface area contributed by atoms with Crippen molar-refractivity contribution in [3.05, 3.63) is 59.2 Å². The largest absolute Gasteiger partial charge is 0.493 e. The maximum Gasteiger partial charge on any atom is 0.263 e. The van der Waals surface area contributed by atoms with Crippen LogP contribution in [0.1, 0.15) is 12.8 Å². The van der Waals surface area contributed by atoms with Crippen LogP contribution in [-0.2, 0) is 16.1 Å². The van der Waals surface area contributed by atoms with E-state index in [9.17, 15) is 14.0 Å². The lowest BCUT2D eigenvalue weighted by molar-refractivity contribution is -0.123. The summed E-state index contributed by atoms with van der Waals surface area (Å²) in [5.74, 6) is -0.676. The van der Waals surface area contributed by atoms with Crippen LogP contribution in [0, 0.1) is 5.82 Å². The Hall–Kier alpha value is -3.86. The van der Waals surface area contributed by atoms with Gasteiger partial charge in [-0.15, -0.1) is 0 Å². The number of benzene rings is 2. The van der Waals surface area contributed by atoms with Gasteiger partial charge in [0.1, 0.15) is 18.1 Å². The number of rotatable bonds is 6. The molecule has 1 aromatic heterocycles. The van der Waals surface area contributed by atoms with Gasteiger partial charge in [0.15, 0.2) is 12.1 Å². The highest BCUT2D eigenvalue weighted by Crippen LogP contribution is 2.34. The van der Waals surface area contributed by atoms with Crippen LogP contribution in [0.15, 0.2) is 57.3 Å². The second-order valence-corrected chi connectivity index (χ2v) is 7.65. The van der Waals surface area contributed by atoms with E-state index in [1.165, 1.54) is 17.1 Å². The first-order chi connectivity index (χ1) is 16.0. The van der Waals surface area contributed by atoms with Gasteiger partial charge in [0.25, 0.3) is 11.8 Å². The van der Waals surface area contributed by atoms with Gasteiger partial charge in [-0.05, 0) is 37.3 Å². The Labute approximate surface area is 191 Å². The van der Waals surface area contributed by atoms with Gasteiger partial charge >= 0.3 is 0 Å². The van der Waals surface area contributed by atoms with Crippen molar-refractivity contribution >= 4 is 29.1 Å². The molecule has 2 atom stereocenters. The van der Waals surface area contributed by atoms with Crippen molar-refractivity contribution in [2.24, 2.45) is 10.3 Å². The molecule has 0 spiro atoms. The minimum Gasteiger partial charge on any atom is -0.493 e. The van der Waals surface area contributed by atoms with Crippen molar-refractivity contribution < 1.29 is 23.2 Å². The van der Waals surface area contributed by atoms with Gasteiger partial charge < -0.3 is 9.26 Å². The number of carbonyl (C=O) groups excluding carboxylic acids is 2. The fourth-order valence-corrected chi connectivity index (χ4v) is 3.91. The molecule has 2 unspecified atom stereocenters. The Morgan fingerprint density at radius 3 is 2.79 bits per heavy atom. The van der Waals surface area contributed by atoms with E-state index in [0.29, 0.717) is 23.7 Å². The maximum absolute atomic E-state index is 13.5. The number of ether oxygens (including phenoxy) is 1. The van der Waals surface area contributed by atoms with Crippen molar-refractivity contribution in [2.75, 3.05) is 11.5 Å². The molecule has 0 aliphatic carbocycles. The second-order valence-electron chi connectivity index (χ2n) is 7.24. The third-order valence-corrected chi connectivity index (χ3v) is 5.50. The summed E-state index contributed by atoms with van der Waals surface area (Å²) in [7, 11) is 0. The summed E-state index contributed by atoms with van der Waals surface area (Å²) < 4.78 is 24.5. The van der Waals surface area contributed by atoms with E-state index in [-0.39, 0.29) is 23.1 Å². The van der Waals surface area contributed by atoms with Crippen LogP contribution in [0.3, 0.4) is 0 Å². The number of anilines is 1. The van der Waals surface area contributed by atoms with Gasteiger partial charge in [-0.1, -0.05) is 34.1 Å². The number of hydrogen-bond acceptors (Lipinski definition) is 9. The molecule has 0 radical (unpaired) electrons. The van der Waals surface area contributed by atoms with E-state index in [1.807, 2.05) is 19.1 Å². The van der Waals surface area contributed by atoms with Gasteiger partial charge in [-0.2, -0.15) is 10.1 Å². The number of amides is 2. The fraction of sp³-hybridized carbons (Fsp3) is 0.238. The molecule has 2 aliphatic heterocycles. The third kappa shape index (κ3) is 3.59. The Morgan fingerprint density at radius 1 is 1.18 bits per heavy atom. The summed E-state index contributed by atoms with van der Waals surface area (Å²) in [5.41, 5.74) is 0.815. The molecule has 3 heterocycles. The molecule has 3 aromatic rings. The van der Waals surface area contributed by atoms with Crippen molar-refractivity contribution in [1.29, 1.82) is 0 Å². The van der Waals surface area contributed by atoms with E-state index in [2.05, 4.69) is 20.5 Å². The number of halogens is 2. The van der Waals surface area contributed by atoms with E-state index >= 15 is 0 Å². The van der Waals surface area contributed by atoms with E-state index in [4.69, 9.17) is 20.9 Å². The highest BCUT2D eigenvalue weighted by molar-refractivity contribution is 6.32. The van der Waals surface area contributed by atoms with Gasteiger partial charge in [-0.3, -0.25) is 14.6 Å². The molecule has 5 rings (SSSR count). The molecule has 168 valence electrons. The zero-order valence-electron chi connectivity index (χ0n) is 17.2. The van der Waals surface area contributed by atoms with Crippen LogP contribution < -0.4 is 9.64 Å². The monoisotopic (exact) mass is 470 g/mol. The minimum atomic E-state index is -1.03. The second kappa shape index (κ2) is 8.24. The summed E-state index contributed by atoms with van der Waals surface area (Å²) in [5, 5.41) is 13.0. The fourth-order valence-electron chi connectivity index (χ4n) is 3.73. The third-order valence-electron chi connectivity index (χ3n) is 5.21. The summed E-state index contributed by atoms with van der Waals surface area (Å²) in [4.78, 5) is 31.2. The SMILES string of the molecule is CCOc1ccccc1-c1noc(CN2N=NC3C(=O)N(c4ccc(F)c(Cl)c4)C(=O)C32)n1. The molecule has 33 heavy (non-hydrogen) atoms. The predicted molar refractivity (Wildman–Crippen MR) is 113 cm³/mol. The zero-order chi connectivity index (χ0) is 23.1. The molecule has 0 bridgehead atoms. The van der Waals surface area contributed by atoms with Gasteiger partial charge in [0.2, 0.25) is 11.7 Å². The Kier molecular flexibility index (Phi) is 5.25. The zero-order valence-corrected chi connectivity index (χ0v) is 17.9. The highest BCUT2D eigenvalue weighted by Gasteiger charge is 2.55. The lowest BCUT2D eigenvalue weighted by Crippen LogP contribution is -2.39.